The maximum absolute atomic E-state index is 9.37. The molecule has 0 bridgehead atoms. The van der Waals surface area contributed by atoms with E-state index in [9.17, 15) is 4.79 Å². The van der Waals surface area contributed by atoms with Crippen LogP contribution in [0.25, 0.3) is 0 Å². The lowest BCUT2D eigenvalue weighted by molar-refractivity contribution is -0.136. The normalized spacial score (nSPS) is 6.38. The first-order valence-electron chi connectivity index (χ1n) is 1.92. The highest BCUT2D eigenvalue weighted by Crippen LogP contribution is 1.80. The first-order chi connectivity index (χ1) is 3.68. The summed E-state index contributed by atoms with van der Waals surface area (Å²) in [4.78, 5) is 9.37. The highest BCUT2D eigenvalue weighted by atomic mass is 127. The van der Waals surface area contributed by atoms with Crippen LogP contribution in [0.4, 0.5) is 0 Å². The molecule has 0 fully saturated rings. The summed E-state index contributed by atoms with van der Waals surface area (Å²) in [6, 6.07) is 0. The van der Waals surface area contributed by atoms with Crippen LogP contribution < -0.4 is 0 Å². The summed E-state index contributed by atoms with van der Waals surface area (Å²) in [6.45, 7) is 1.60. The van der Waals surface area contributed by atoms with Crippen molar-refractivity contribution in [2.45, 2.75) is 13.3 Å². The summed E-state index contributed by atoms with van der Waals surface area (Å²) in [7, 11) is 0. The van der Waals surface area contributed by atoms with E-state index in [1.165, 1.54) is 0 Å². The minimum Gasteiger partial charge on any atom is -0.481 e. The molecule has 8 heavy (non-hydrogen) atoms. The number of carbonyl (C=O) groups is 1. The molecule has 0 amide bonds. The second-order valence-corrected chi connectivity index (χ2v) is 4.46. The van der Waals surface area contributed by atoms with E-state index in [2.05, 4.69) is 44.7 Å². The molecular formula is C3H6BI2O2. The first-order valence-corrected chi connectivity index (χ1v) is 4.42. The van der Waals surface area contributed by atoms with Crippen LogP contribution in [0.1, 0.15) is 13.3 Å². The summed E-state index contributed by atoms with van der Waals surface area (Å²) in [5.74, 6) is -0.745. The molecule has 0 aliphatic rings. The van der Waals surface area contributed by atoms with E-state index in [-0.39, 0.29) is 6.42 Å². The topological polar surface area (TPSA) is 37.3 Å². The van der Waals surface area contributed by atoms with Gasteiger partial charge in [-0.15, -0.1) is 44.7 Å². The Morgan fingerprint density at radius 3 is 1.88 bits per heavy atom. The van der Waals surface area contributed by atoms with E-state index >= 15 is 0 Å². The monoisotopic (exact) mass is 339 g/mol. The van der Waals surface area contributed by atoms with Crippen LogP contribution in [0.2, 0.25) is 0 Å². The molecule has 0 unspecified atom stereocenters. The van der Waals surface area contributed by atoms with Gasteiger partial charge in [0.1, 0.15) is 0 Å². The van der Waals surface area contributed by atoms with Gasteiger partial charge in [0.05, 0.1) is 0 Å². The van der Waals surface area contributed by atoms with Crippen molar-refractivity contribution >= 4 is 53.7 Å². The van der Waals surface area contributed by atoms with Crippen molar-refractivity contribution in [3.05, 3.63) is 0 Å². The second-order valence-electron chi connectivity index (χ2n) is 0.830. The standard InChI is InChI=1S/C3H6O2.BI2/c1-2-3(4)5;2-1-3/h2H2,1H3,(H,4,5);. The lowest BCUT2D eigenvalue weighted by Gasteiger charge is -1.71. The number of aliphatic carboxylic acids is 1. The second kappa shape index (κ2) is 10.9. The largest absolute Gasteiger partial charge is 0.481 e. The van der Waals surface area contributed by atoms with Crippen molar-refractivity contribution in [3.8, 4) is 0 Å². The molecule has 0 rings (SSSR count). The van der Waals surface area contributed by atoms with E-state index in [0.717, 1.165) is 0 Å². The van der Waals surface area contributed by atoms with Crippen LogP contribution >= 0.6 is 44.7 Å². The maximum atomic E-state index is 9.37. The van der Waals surface area contributed by atoms with Gasteiger partial charge in [0.25, 0.3) is 2.99 Å². The first kappa shape index (κ1) is 11.8. The predicted molar refractivity (Wildman–Crippen MR) is 51.7 cm³/mol. The summed E-state index contributed by atoms with van der Waals surface area (Å²) in [5.41, 5.74) is 0. The minimum atomic E-state index is -0.745. The number of halogens is 2. The molecule has 0 heterocycles. The molecule has 0 aliphatic heterocycles. The van der Waals surface area contributed by atoms with Gasteiger partial charge in [-0.2, -0.15) is 0 Å². The van der Waals surface area contributed by atoms with Crippen LogP contribution in [0.5, 0.6) is 0 Å². The summed E-state index contributed by atoms with van der Waals surface area (Å²) >= 11 is 4.30. The average molecular weight is 339 g/mol. The smallest absolute Gasteiger partial charge is 0.303 e. The molecular weight excluding hydrogens is 333 g/mol. The molecule has 0 saturated carbocycles. The summed E-state index contributed by atoms with van der Waals surface area (Å²) in [5, 5.41) is 7.72. The van der Waals surface area contributed by atoms with Crippen LogP contribution in [-0.4, -0.2) is 14.1 Å². The zero-order chi connectivity index (χ0) is 6.99. The zero-order valence-corrected chi connectivity index (χ0v) is 8.71. The Hall–Kier alpha value is 0.995. The Kier molecular flexibility index (Phi) is 16.0. The van der Waals surface area contributed by atoms with Gasteiger partial charge in [-0.05, 0) is 0 Å². The van der Waals surface area contributed by atoms with Crippen molar-refractivity contribution in [3.63, 3.8) is 0 Å². The highest BCUT2D eigenvalue weighted by Gasteiger charge is 1.80. The lowest BCUT2D eigenvalue weighted by atomic mass is 10.5. The van der Waals surface area contributed by atoms with Gasteiger partial charge in [-0.25, -0.2) is 0 Å². The van der Waals surface area contributed by atoms with Gasteiger partial charge in [0.2, 0.25) is 0 Å². The number of carboxylic acid groups (broad SMARTS) is 1. The number of rotatable bonds is 1. The van der Waals surface area contributed by atoms with Crippen LogP contribution in [-0.2, 0) is 4.79 Å². The van der Waals surface area contributed by atoms with Gasteiger partial charge in [-0.1, -0.05) is 6.92 Å². The lowest BCUT2D eigenvalue weighted by Crippen LogP contribution is -1.86. The average Bonchev–Trinajstić information content (AvgIpc) is 1.69. The van der Waals surface area contributed by atoms with Gasteiger partial charge in [0.15, 0.2) is 0 Å². The SMILES string of the molecule is CCC(=O)O.I[B]I. The molecule has 0 aliphatic carbocycles. The number of carboxylic acids is 1. The fourth-order valence-corrected chi connectivity index (χ4v) is 0. The van der Waals surface area contributed by atoms with E-state index in [4.69, 9.17) is 5.11 Å². The fourth-order valence-electron chi connectivity index (χ4n) is 0. The molecule has 1 radical (unpaired) electrons. The minimum absolute atomic E-state index is 0.222. The molecule has 2 nitrogen and oxygen atoms in total. The van der Waals surface area contributed by atoms with E-state index < -0.39 is 5.97 Å². The Morgan fingerprint density at radius 2 is 1.88 bits per heavy atom. The third kappa shape index (κ3) is 28.0. The number of hydrogen-bond donors (Lipinski definition) is 1. The molecule has 0 spiro atoms. The Bertz CT molecular complexity index is 59.2. The Morgan fingerprint density at radius 1 is 1.75 bits per heavy atom. The molecule has 0 aromatic carbocycles. The molecule has 5 heteroatoms. The molecule has 0 aromatic heterocycles. The third-order valence-corrected chi connectivity index (χ3v) is 0.302. The van der Waals surface area contributed by atoms with Crippen LogP contribution in [0.15, 0.2) is 0 Å². The predicted octanol–water partition coefficient (Wildman–Crippen LogP) is 1.87. The van der Waals surface area contributed by atoms with Gasteiger partial charge in [0, 0.05) is 6.42 Å². The van der Waals surface area contributed by atoms with E-state index in [1.54, 1.807) is 6.92 Å². The van der Waals surface area contributed by atoms with Gasteiger partial charge >= 0.3 is 5.97 Å². The molecule has 0 atom stereocenters. The summed E-state index contributed by atoms with van der Waals surface area (Å²) in [6.07, 6.45) is 0.222. The van der Waals surface area contributed by atoms with Gasteiger partial charge < -0.3 is 5.11 Å². The zero-order valence-electron chi connectivity index (χ0n) is 4.40. The van der Waals surface area contributed by atoms with Crippen LogP contribution in [0.3, 0.4) is 0 Å². The Labute approximate surface area is 76.4 Å². The molecule has 0 saturated heterocycles. The quantitative estimate of drug-likeness (QED) is 0.585. The molecule has 47 valence electrons. The van der Waals surface area contributed by atoms with Crippen molar-refractivity contribution in [1.29, 1.82) is 0 Å². The van der Waals surface area contributed by atoms with Gasteiger partial charge in [-0.3, -0.25) is 4.79 Å². The third-order valence-electron chi connectivity index (χ3n) is 0.302. The highest BCUT2D eigenvalue weighted by molar-refractivity contribution is 14.3. The maximum Gasteiger partial charge on any atom is 0.303 e. The van der Waals surface area contributed by atoms with Crippen LogP contribution in [0, 0.1) is 0 Å². The summed E-state index contributed by atoms with van der Waals surface area (Å²) < 4.78 is 1.94. The fraction of sp³-hybridized carbons (Fsp3) is 0.667. The Balaban J connectivity index is 0. The van der Waals surface area contributed by atoms with E-state index in [1.807, 2.05) is 2.99 Å². The van der Waals surface area contributed by atoms with Crippen molar-refractivity contribution < 1.29 is 9.90 Å². The molecule has 1 N–H and O–H groups in total. The number of hydrogen-bond acceptors (Lipinski definition) is 1. The van der Waals surface area contributed by atoms with E-state index in [0.29, 0.717) is 0 Å². The van der Waals surface area contributed by atoms with Crippen molar-refractivity contribution in [2.75, 3.05) is 0 Å². The van der Waals surface area contributed by atoms with Crippen molar-refractivity contribution in [2.24, 2.45) is 0 Å². The molecule has 0 aromatic rings. The van der Waals surface area contributed by atoms with Crippen molar-refractivity contribution in [1.82, 2.24) is 0 Å².